The van der Waals surface area contributed by atoms with Crippen LogP contribution in [0.15, 0.2) is 18.2 Å². The fourth-order valence-electron chi connectivity index (χ4n) is 3.50. The third-order valence-corrected chi connectivity index (χ3v) is 4.53. The highest BCUT2D eigenvalue weighted by atomic mass is 15.0. The van der Waals surface area contributed by atoms with Crippen molar-refractivity contribution in [3.05, 3.63) is 35.3 Å². The summed E-state index contributed by atoms with van der Waals surface area (Å²) in [6.45, 7) is 4.22. The zero-order valence-electron chi connectivity index (χ0n) is 11.9. The summed E-state index contributed by atoms with van der Waals surface area (Å²) in [5, 5.41) is 0. The average molecular weight is 257 g/mol. The number of rotatable bonds is 2. The number of hydrogen-bond acceptors (Lipinski definition) is 2. The minimum atomic E-state index is 0.122. The molecule has 1 fully saturated rings. The van der Waals surface area contributed by atoms with Crippen molar-refractivity contribution < 1.29 is 0 Å². The van der Waals surface area contributed by atoms with E-state index < -0.39 is 0 Å². The molecule has 3 heteroatoms. The van der Waals surface area contributed by atoms with Crippen molar-refractivity contribution in [2.75, 3.05) is 0 Å². The zero-order valence-corrected chi connectivity index (χ0v) is 11.9. The lowest BCUT2D eigenvalue weighted by Gasteiger charge is -2.28. The van der Waals surface area contributed by atoms with E-state index in [9.17, 15) is 0 Å². The van der Waals surface area contributed by atoms with Crippen molar-refractivity contribution in [1.29, 1.82) is 0 Å². The molecule has 2 heterocycles. The van der Waals surface area contributed by atoms with E-state index in [0.29, 0.717) is 5.92 Å². The van der Waals surface area contributed by atoms with Gasteiger partial charge in [0.1, 0.15) is 5.65 Å². The van der Waals surface area contributed by atoms with Gasteiger partial charge in [0, 0.05) is 5.69 Å². The minimum absolute atomic E-state index is 0.122. The predicted molar refractivity (Wildman–Crippen MR) is 78.2 cm³/mol. The van der Waals surface area contributed by atoms with Gasteiger partial charge >= 0.3 is 0 Å². The second-order valence-electron chi connectivity index (χ2n) is 5.87. The summed E-state index contributed by atoms with van der Waals surface area (Å²) in [4.78, 5) is 4.67. The maximum atomic E-state index is 6.59. The molecule has 0 spiro atoms. The molecule has 0 aliphatic heterocycles. The molecule has 1 atom stereocenters. The molecule has 0 saturated heterocycles. The first kappa shape index (κ1) is 12.7. The van der Waals surface area contributed by atoms with E-state index in [1.165, 1.54) is 43.5 Å². The van der Waals surface area contributed by atoms with Crippen molar-refractivity contribution in [3.63, 3.8) is 0 Å². The van der Waals surface area contributed by atoms with Crippen LogP contribution in [0.5, 0.6) is 0 Å². The number of nitrogens with zero attached hydrogens (tertiary/aromatic N) is 2. The molecule has 0 bridgehead atoms. The molecule has 1 saturated carbocycles. The third kappa shape index (κ3) is 2.16. The maximum Gasteiger partial charge on any atom is 0.137 e. The van der Waals surface area contributed by atoms with E-state index in [1.807, 2.05) is 0 Å². The zero-order chi connectivity index (χ0) is 13.4. The Kier molecular flexibility index (Phi) is 3.31. The summed E-state index contributed by atoms with van der Waals surface area (Å²) in [6, 6.07) is 6.38. The summed E-state index contributed by atoms with van der Waals surface area (Å²) in [5.74, 6) is 0.618. The van der Waals surface area contributed by atoms with Gasteiger partial charge in [0.05, 0.1) is 17.4 Å². The molecule has 19 heavy (non-hydrogen) atoms. The van der Waals surface area contributed by atoms with Crippen LogP contribution >= 0.6 is 0 Å². The molecule has 2 aromatic heterocycles. The molecule has 3 rings (SSSR count). The summed E-state index contributed by atoms with van der Waals surface area (Å²) < 4.78 is 2.24. The smallest absolute Gasteiger partial charge is 0.137 e. The second-order valence-corrected chi connectivity index (χ2v) is 5.87. The van der Waals surface area contributed by atoms with Crippen molar-refractivity contribution >= 4 is 5.65 Å². The van der Waals surface area contributed by atoms with Crippen LogP contribution in [0.1, 0.15) is 55.2 Å². The standard InChI is InChI=1S/C16H23N3/c1-11-7-6-10-14-18-12(2)16(19(11)14)15(17)13-8-4-3-5-9-13/h6-7,10,13,15H,3-5,8-9,17H2,1-2H3. The Bertz CT molecular complexity index is 579. The Labute approximate surface area is 114 Å². The lowest BCUT2D eigenvalue weighted by molar-refractivity contribution is 0.303. The molecule has 102 valence electrons. The molecule has 0 amide bonds. The van der Waals surface area contributed by atoms with Crippen LogP contribution in [0.4, 0.5) is 0 Å². The number of hydrogen-bond donors (Lipinski definition) is 1. The third-order valence-electron chi connectivity index (χ3n) is 4.53. The Morgan fingerprint density at radius 2 is 1.95 bits per heavy atom. The van der Waals surface area contributed by atoms with Crippen LogP contribution in [0.25, 0.3) is 5.65 Å². The van der Waals surface area contributed by atoms with Crippen LogP contribution in [0.3, 0.4) is 0 Å². The minimum Gasteiger partial charge on any atom is -0.322 e. The predicted octanol–water partition coefficient (Wildman–Crippen LogP) is 3.53. The lowest BCUT2D eigenvalue weighted by Crippen LogP contribution is -2.25. The van der Waals surface area contributed by atoms with E-state index in [0.717, 1.165) is 11.3 Å². The first-order valence-electron chi connectivity index (χ1n) is 7.38. The second kappa shape index (κ2) is 4.97. The van der Waals surface area contributed by atoms with E-state index in [2.05, 4.69) is 41.4 Å². The maximum absolute atomic E-state index is 6.59. The van der Waals surface area contributed by atoms with Gasteiger partial charge in [-0.15, -0.1) is 0 Å². The number of aryl methyl sites for hydroxylation is 2. The van der Waals surface area contributed by atoms with Gasteiger partial charge in [-0.25, -0.2) is 4.98 Å². The fourth-order valence-corrected chi connectivity index (χ4v) is 3.50. The number of imidazole rings is 1. The summed E-state index contributed by atoms with van der Waals surface area (Å²) in [7, 11) is 0. The van der Waals surface area contributed by atoms with Crippen molar-refractivity contribution in [2.24, 2.45) is 11.7 Å². The highest BCUT2D eigenvalue weighted by Crippen LogP contribution is 2.34. The van der Waals surface area contributed by atoms with Crippen LogP contribution in [-0.2, 0) is 0 Å². The summed E-state index contributed by atoms with van der Waals surface area (Å²) in [5.41, 5.74) is 11.1. The van der Waals surface area contributed by atoms with Gasteiger partial charge in [-0.1, -0.05) is 25.3 Å². The Morgan fingerprint density at radius 1 is 1.21 bits per heavy atom. The number of nitrogens with two attached hydrogens (primary N) is 1. The molecule has 3 nitrogen and oxygen atoms in total. The van der Waals surface area contributed by atoms with E-state index in [1.54, 1.807) is 0 Å². The molecular weight excluding hydrogens is 234 g/mol. The fraction of sp³-hybridized carbons (Fsp3) is 0.562. The molecule has 2 aromatic rings. The van der Waals surface area contributed by atoms with Gasteiger partial charge < -0.3 is 5.73 Å². The molecule has 0 radical (unpaired) electrons. The lowest BCUT2D eigenvalue weighted by atomic mass is 9.82. The monoisotopic (exact) mass is 257 g/mol. The van der Waals surface area contributed by atoms with Crippen molar-refractivity contribution in [2.45, 2.75) is 52.0 Å². The molecule has 1 aliphatic carbocycles. The van der Waals surface area contributed by atoms with Gasteiger partial charge in [-0.2, -0.15) is 0 Å². The molecule has 2 N–H and O–H groups in total. The molecule has 0 aromatic carbocycles. The van der Waals surface area contributed by atoms with Gasteiger partial charge in [0.2, 0.25) is 0 Å². The highest BCUT2D eigenvalue weighted by molar-refractivity contribution is 5.45. The number of aromatic nitrogens is 2. The largest absolute Gasteiger partial charge is 0.322 e. The van der Waals surface area contributed by atoms with Crippen LogP contribution in [0.2, 0.25) is 0 Å². The Hall–Kier alpha value is -1.35. The molecule has 1 unspecified atom stereocenters. The van der Waals surface area contributed by atoms with Gasteiger partial charge in [-0.05, 0) is 44.7 Å². The Morgan fingerprint density at radius 3 is 2.68 bits per heavy atom. The normalized spacial score (nSPS) is 18.9. The van der Waals surface area contributed by atoms with Gasteiger partial charge in [0.15, 0.2) is 0 Å². The molecular formula is C16H23N3. The van der Waals surface area contributed by atoms with Gasteiger partial charge in [-0.3, -0.25) is 4.40 Å². The Balaban J connectivity index is 2.05. The van der Waals surface area contributed by atoms with E-state index in [-0.39, 0.29) is 6.04 Å². The number of fused-ring (bicyclic) bond motifs is 1. The first-order valence-corrected chi connectivity index (χ1v) is 7.38. The van der Waals surface area contributed by atoms with Crippen molar-refractivity contribution in [1.82, 2.24) is 9.38 Å². The number of pyridine rings is 1. The average Bonchev–Trinajstić information content (AvgIpc) is 2.76. The first-order chi connectivity index (χ1) is 9.18. The quantitative estimate of drug-likeness (QED) is 0.894. The SMILES string of the molecule is Cc1nc2cccc(C)n2c1C(N)C1CCCCC1. The highest BCUT2D eigenvalue weighted by Gasteiger charge is 2.26. The van der Waals surface area contributed by atoms with Crippen LogP contribution < -0.4 is 5.73 Å². The van der Waals surface area contributed by atoms with Gasteiger partial charge in [0.25, 0.3) is 0 Å². The van der Waals surface area contributed by atoms with E-state index >= 15 is 0 Å². The van der Waals surface area contributed by atoms with Crippen LogP contribution in [0, 0.1) is 19.8 Å². The summed E-state index contributed by atoms with van der Waals surface area (Å²) >= 11 is 0. The van der Waals surface area contributed by atoms with Crippen molar-refractivity contribution in [3.8, 4) is 0 Å². The summed E-state index contributed by atoms with van der Waals surface area (Å²) in [6.07, 6.45) is 6.55. The van der Waals surface area contributed by atoms with E-state index in [4.69, 9.17) is 5.73 Å². The topological polar surface area (TPSA) is 43.3 Å². The molecule has 1 aliphatic rings. The van der Waals surface area contributed by atoms with Crippen LogP contribution in [-0.4, -0.2) is 9.38 Å².